The summed E-state index contributed by atoms with van der Waals surface area (Å²) >= 11 is 0. The SMILES string of the molecule is CN(C)c1ccc(-c2cnc(N3CCC(NCc4ccc(/C=C/C(=O)NO)cc4)CC3)c(C#N)c2-c2ccc(C#N)c(F)c2)cc1O.O=CO. The Morgan fingerprint density at radius 2 is 1.74 bits per heavy atom. The molecule has 13 heteroatoms. The van der Waals surface area contributed by atoms with E-state index in [2.05, 4.69) is 16.3 Å². The lowest BCUT2D eigenvalue weighted by Crippen LogP contribution is -2.42. The van der Waals surface area contributed by atoms with Crippen LogP contribution in [0.1, 0.15) is 35.1 Å². The fourth-order valence-electron chi connectivity index (χ4n) is 5.71. The molecule has 0 atom stereocenters. The van der Waals surface area contributed by atoms with Gasteiger partial charge in [-0.1, -0.05) is 36.4 Å². The van der Waals surface area contributed by atoms with Gasteiger partial charge in [-0.2, -0.15) is 10.5 Å². The van der Waals surface area contributed by atoms with Crippen LogP contribution in [0.4, 0.5) is 15.9 Å². The Morgan fingerprint density at radius 3 is 2.32 bits per heavy atom. The fraction of sp³-hybridized carbons (Fsp3) is 0.216. The number of hydrogen-bond donors (Lipinski definition) is 5. The molecular weight excluding hydrogens is 641 g/mol. The normalized spacial score (nSPS) is 12.7. The fourth-order valence-corrected chi connectivity index (χ4v) is 5.71. The van der Waals surface area contributed by atoms with Gasteiger partial charge in [0.25, 0.3) is 12.4 Å². The van der Waals surface area contributed by atoms with Crippen molar-refractivity contribution < 1.29 is 29.4 Å². The number of pyridine rings is 1. The molecule has 1 aliphatic heterocycles. The summed E-state index contributed by atoms with van der Waals surface area (Å²) in [6, 6.07) is 21.7. The number of nitrogens with zero attached hydrogens (tertiary/aromatic N) is 5. The Hall–Kier alpha value is -6.28. The average molecular weight is 678 g/mol. The van der Waals surface area contributed by atoms with Crippen molar-refractivity contribution in [1.29, 1.82) is 10.5 Å². The molecule has 0 aliphatic carbocycles. The standard InChI is InChI=1S/C36H34FN7O3.CH2O2/c1-43(2)32-11-10-25(18-33(32)45)30-22-41-36(29(20-39)35(30)26-8-9-27(19-38)31(37)17-26)44-15-13-28(14-16-44)40-21-24-5-3-23(4-6-24)7-12-34(46)42-47;2-1-3/h3-12,17-18,22,28,40,45,47H,13-16,21H2,1-2H3,(H,42,46);1H,(H,2,3)/b12-7+;. The third-order valence-corrected chi connectivity index (χ3v) is 8.22. The summed E-state index contributed by atoms with van der Waals surface area (Å²) in [4.78, 5) is 28.1. The molecule has 2 heterocycles. The number of carbonyl (C=O) groups excluding carboxylic acids is 1. The first kappa shape index (κ1) is 36.6. The molecule has 0 bridgehead atoms. The van der Waals surface area contributed by atoms with Gasteiger partial charge in [0.2, 0.25) is 0 Å². The van der Waals surface area contributed by atoms with E-state index >= 15 is 0 Å². The molecule has 1 aromatic heterocycles. The van der Waals surface area contributed by atoms with Crippen molar-refractivity contribution in [2.45, 2.75) is 25.4 Å². The zero-order valence-electron chi connectivity index (χ0n) is 27.5. The summed E-state index contributed by atoms with van der Waals surface area (Å²) in [5, 5.41) is 49.6. The molecule has 1 aliphatic rings. The highest BCUT2D eigenvalue weighted by molar-refractivity contribution is 5.91. The Morgan fingerprint density at radius 1 is 1.06 bits per heavy atom. The lowest BCUT2D eigenvalue weighted by molar-refractivity contribution is -0.124. The van der Waals surface area contributed by atoms with Crippen LogP contribution in [0.25, 0.3) is 28.3 Å². The first-order valence-electron chi connectivity index (χ1n) is 15.5. The summed E-state index contributed by atoms with van der Waals surface area (Å²) in [6.07, 6.45) is 6.14. The molecule has 0 spiro atoms. The average Bonchev–Trinajstić information content (AvgIpc) is 3.13. The van der Waals surface area contributed by atoms with E-state index < -0.39 is 11.7 Å². The van der Waals surface area contributed by atoms with Gasteiger partial charge in [-0.05, 0) is 65.4 Å². The van der Waals surface area contributed by atoms with Crippen LogP contribution in [0.15, 0.2) is 72.9 Å². The number of amides is 1. The minimum atomic E-state index is -0.684. The zero-order chi connectivity index (χ0) is 36.2. The molecule has 0 radical (unpaired) electrons. The van der Waals surface area contributed by atoms with E-state index in [9.17, 15) is 24.8 Å². The van der Waals surface area contributed by atoms with Crippen LogP contribution in [0.3, 0.4) is 0 Å². The zero-order valence-corrected chi connectivity index (χ0v) is 27.5. The minimum absolute atomic E-state index is 0.0569. The number of hydroxylamine groups is 1. The maximum atomic E-state index is 14.9. The van der Waals surface area contributed by atoms with Gasteiger partial charge in [-0.3, -0.25) is 14.8 Å². The molecule has 50 heavy (non-hydrogen) atoms. The van der Waals surface area contributed by atoms with E-state index in [1.165, 1.54) is 18.2 Å². The maximum Gasteiger partial charge on any atom is 0.290 e. The number of nitrogens with one attached hydrogen (secondary N) is 2. The van der Waals surface area contributed by atoms with Gasteiger partial charge in [-0.15, -0.1) is 0 Å². The van der Waals surface area contributed by atoms with E-state index in [1.54, 1.807) is 40.9 Å². The third-order valence-electron chi connectivity index (χ3n) is 8.22. The Kier molecular flexibility index (Phi) is 12.6. The van der Waals surface area contributed by atoms with E-state index in [-0.39, 0.29) is 23.8 Å². The Balaban J connectivity index is 0.00000181. The monoisotopic (exact) mass is 677 g/mol. The molecule has 0 saturated carbocycles. The summed E-state index contributed by atoms with van der Waals surface area (Å²) in [5.74, 6) is -0.718. The largest absolute Gasteiger partial charge is 0.506 e. The second kappa shape index (κ2) is 17.2. The molecule has 1 saturated heterocycles. The van der Waals surface area contributed by atoms with Crippen molar-refractivity contribution in [3.8, 4) is 40.1 Å². The van der Waals surface area contributed by atoms with Crippen molar-refractivity contribution in [2.24, 2.45) is 0 Å². The summed E-state index contributed by atoms with van der Waals surface area (Å²) in [6.45, 7) is 1.71. The van der Waals surface area contributed by atoms with Gasteiger partial charge in [0.1, 0.15) is 35.1 Å². The Bertz CT molecular complexity index is 1940. The van der Waals surface area contributed by atoms with E-state index in [1.807, 2.05) is 50.5 Å². The van der Waals surface area contributed by atoms with Crippen LogP contribution in [0, 0.1) is 28.5 Å². The van der Waals surface area contributed by atoms with E-state index in [0.29, 0.717) is 59.0 Å². The molecule has 12 nitrogen and oxygen atoms in total. The number of anilines is 2. The number of halogens is 1. The first-order valence-corrected chi connectivity index (χ1v) is 15.5. The lowest BCUT2D eigenvalue weighted by atomic mass is 9.91. The van der Waals surface area contributed by atoms with Crippen molar-refractivity contribution in [3.05, 3.63) is 101 Å². The van der Waals surface area contributed by atoms with Crippen LogP contribution >= 0.6 is 0 Å². The van der Waals surface area contributed by atoms with E-state index in [4.69, 9.17) is 20.1 Å². The van der Waals surface area contributed by atoms with Gasteiger partial charge in [0.05, 0.1) is 11.3 Å². The minimum Gasteiger partial charge on any atom is -0.506 e. The molecule has 4 aromatic rings. The molecule has 1 amide bonds. The third kappa shape index (κ3) is 8.79. The van der Waals surface area contributed by atoms with Crippen LogP contribution in [-0.2, 0) is 16.1 Å². The number of rotatable bonds is 9. The Labute approximate surface area is 288 Å². The number of phenols is 1. The number of aromatic nitrogens is 1. The maximum absolute atomic E-state index is 14.9. The predicted octanol–water partition coefficient (Wildman–Crippen LogP) is 5.05. The van der Waals surface area contributed by atoms with Gasteiger partial charge in [0, 0.05) is 63.2 Å². The van der Waals surface area contributed by atoms with Gasteiger partial charge < -0.3 is 25.3 Å². The molecule has 1 fully saturated rings. The number of hydrogen-bond acceptors (Lipinski definition) is 10. The quantitative estimate of drug-likeness (QED) is 0.0691. The van der Waals surface area contributed by atoms with Crippen molar-refractivity contribution in [1.82, 2.24) is 15.8 Å². The number of carboxylic acid groups (broad SMARTS) is 1. The highest BCUT2D eigenvalue weighted by Gasteiger charge is 2.26. The van der Waals surface area contributed by atoms with Crippen molar-refractivity contribution in [3.63, 3.8) is 0 Å². The number of benzene rings is 3. The molecule has 5 N–H and O–H groups in total. The van der Waals surface area contributed by atoms with Crippen molar-refractivity contribution >= 4 is 30.0 Å². The number of nitriles is 2. The topological polar surface area (TPSA) is 186 Å². The molecule has 5 rings (SSSR count). The molecular formula is C37H36FN7O5. The van der Waals surface area contributed by atoms with Gasteiger partial charge in [0.15, 0.2) is 0 Å². The summed E-state index contributed by atoms with van der Waals surface area (Å²) < 4.78 is 14.9. The highest BCUT2D eigenvalue weighted by atomic mass is 19.1. The smallest absolute Gasteiger partial charge is 0.290 e. The number of carbonyl (C=O) groups is 2. The van der Waals surface area contributed by atoms with Crippen LogP contribution < -0.4 is 20.6 Å². The van der Waals surface area contributed by atoms with E-state index in [0.717, 1.165) is 24.0 Å². The number of piperidine rings is 1. The van der Waals surface area contributed by atoms with Crippen LogP contribution in [0.5, 0.6) is 5.75 Å². The number of phenolic OH excluding ortho intramolecular Hbond substituents is 1. The van der Waals surface area contributed by atoms with Gasteiger partial charge in [-0.25, -0.2) is 14.9 Å². The predicted molar refractivity (Wildman–Crippen MR) is 187 cm³/mol. The highest BCUT2D eigenvalue weighted by Crippen LogP contribution is 2.41. The molecule has 3 aromatic carbocycles. The van der Waals surface area contributed by atoms with Gasteiger partial charge >= 0.3 is 0 Å². The summed E-state index contributed by atoms with van der Waals surface area (Å²) in [5.41, 5.74) is 6.40. The summed E-state index contributed by atoms with van der Waals surface area (Å²) in [7, 11) is 3.65. The van der Waals surface area contributed by atoms with Crippen molar-refractivity contribution in [2.75, 3.05) is 37.0 Å². The number of aromatic hydroxyl groups is 1. The molecule has 0 unspecified atom stereocenters. The second-order valence-corrected chi connectivity index (χ2v) is 11.6. The lowest BCUT2D eigenvalue weighted by Gasteiger charge is -2.34. The first-order chi connectivity index (χ1) is 24.1. The molecule has 256 valence electrons. The van der Waals surface area contributed by atoms with Crippen LogP contribution in [-0.4, -0.2) is 66.0 Å². The van der Waals surface area contributed by atoms with Crippen LogP contribution in [0.2, 0.25) is 0 Å². The second-order valence-electron chi connectivity index (χ2n) is 11.6.